The number of esters is 3. The second-order valence-corrected chi connectivity index (χ2v) is 29.1. The number of nitrogen functional groups attached to an aromatic ring is 1. The van der Waals surface area contributed by atoms with Crippen LogP contribution in [-0.2, 0) is 89.5 Å². The van der Waals surface area contributed by atoms with Crippen molar-refractivity contribution in [2.45, 2.75) is 90.7 Å². The van der Waals surface area contributed by atoms with Gasteiger partial charge in [0.15, 0.2) is 11.6 Å². The molecular formula is C94H105B2BrN12O18. The molecule has 662 valence electrons. The minimum absolute atomic E-state index is 0.00364. The highest BCUT2D eigenvalue weighted by atomic mass is 79.9. The number of imidazole rings is 4. The maximum absolute atomic E-state index is 12.5. The van der Waals surface area contributed by atoms with Crippen molar-refractivity contribution in [3.8, 4) is 0 Å². The van der Waals surface area contributed by atoms with E-state index in [4.69, 9.17) is 20.3 Å². The summed E-state index contributed by atoms with van der Waals surface area (Å²) in [6, 6.07) is 69.4. The van der Waals surface area contributed by atoms with Crippen LogP contribution in [0.2, 0.25) is 13.6 Å². The highest BCUT2D eigenvalue weighted by Crippen LogP contribution is 2.24. The lowest BCUT2D eigenvalue weighted by Crippen LogP contribution is -2.23. The number of nitrogens with zero attached hydrogens (tertiary/aromatic N) is 7. The highest BCUT2D eigenvalue weighted by molar-refractivity contribution is 9.09. The molecule has 127 heavy (non-hydrogen) atoms. The number of ether oxygens (including phenoxy) is 3. The minimum Gasteiger partial charge on any atom is -0.481 e. The lowest BCUT2D eigenvalue weighted by molar-refractivity contribution is -0.384. The fourth-order valence-electron chi connectivity index (χ4n) is 12.3. The van der Waals surface area contributed by atoms with Gasteiger partial charge in [-0.2, -0.15) is 0 Å². The zero-order chi connectivity index (χ0) is 92.4. The molecule has 0 saturated carbocycles. The number of anilines is 3. The van der Waals surface area contributed by atoms with Crippen molar-refractivity contribution in [2.75, 3.05) is 56.1 Å². The molecule has 3 atom stereocenters. The Morgan fingerprint density at radius 2 is 0.890 bits per heavy atom. The fourth-order valence-corrected chi connectivity index (χ4v) is 12.6. The summed E-state index contributed by atoms with van der Waals surface area (Å²) >= 11 is 2.95. The molecule has 0 radical (unpaired) electrons. The van der Waals surface area contributed by atoms with Gasteiger partial charge in [0.25, 0.3) is 5.69 Å². The van der Waals surface area contributed by atoms with Crippen molar-refractivity contribution in [1.82, 2.24) is 38.9 Å². The molecule has 4 aromatic heterocycles. The minimum atomic E-state index is -0.931. The Hall–Kier alpha value is -14.3. The molecule has 4 heterocycles. The number of carboxylic acids is 2. The number of carboxylic acid groups (broad SMARTS) is 2. The number of benzene rings is 9. The molecular weight excluding hydrogens is 1690 g/mol. The van der Waals surface area contributed by atoms with Gasteiger partial charge in [0.2, 0.25) is 0 Å². The molecule has 0 saturated heterocycles. The van der Waals surface area contributed by atoms with Gasteiger partial charge in [-0.1, -0.05) is 181 Å². The summed E-state index contributed by atoms with van der Waals surface area (Å²) in [4.78, 5) is 134. The quantitative estimate of drug-likeness (QED) is 0.00260. The normalized spacial score (nSPS) is 10.9. The van der Waals surface area contributed by atoms with Crippen LogP contribution in [0, 0.1) is 27.9 Å². The van der Waals surface area contributed by atoms with E-state index in [0.717, 1.165) is 78.7 Å². The van der Waals surface area contributed by atoms with Gasteiger partial charge in [0, 0.05) is 87.2 Å². The van der Waals surface area contributed by atoms with Crippen molar-refractivity contribution >= 4 is 150 Å². The number of non-ortho nitro benzene ring substituents is 1. The Bertz CT molecular complexity index is 5650. The number of halogens is 1. The zero-order valence-electron chi connectivity index (χ0n) is 71.3. The predicted molar refractivity (Wildman–Crippen MR) is 497 cm³/mol. The van der Waals surface area contributed by atoms with Crippen LogP contribution in [0.15, 0.2) is 275 Å². The van der Waals surface area contributed by atoms with Crippen molar-refractivity contribution in [1.29, 1.82) is 0 Å². The number of nitrogens with two attached hydrogens (primary N) is 1. The van der Waals surface area contributed by atoms with E-state index < -0.39 is 48.7 Å². The van der Waals surface area contributed by atoms with Gasteiger partial charge < -0.3 is 69.8 Å². The number of methoxy groups -OCH3 is 3. The third kappa shape index (κ3) is 37.4. The second kappa shape index (κ2) is 55.7. The molecule has 9 aromatic carbocycles. The number of nitrogens with one attached hydrogen (secondary N) is 4. The molecule has 0 amide bonds. The van der Waals surface area contributed by atoms with E-state index in [2.05, 4.69) is 74.4 Å². The van der Waals surface area contributed by atoms with Crippen LogP contribution >= 0.6 is 15.9 Å². The number of ketones is 4. The Kier molecular flexibility index (Phi) is 44.6. The predicted octanol–water partition coefficient (Wildman–Crippen LogP) is 14.9. The average molecular weight is 1790 g/mol. The van der Waals surface area contributed by atoms with E-state index in [1.807, 2.05) is 194 Å². The van der Waals surface area contributed by atoms with Crippen LogP contribution in [0.3, 0.4) is 0 Å². The van der Waals surface area contributed by atoms with Gasteiger partial charge in [-0.15, -0.1) is 0 Å². The first kappa shape index (κ1) is 102. The molecule has 0 aliphatic carbocycles. The average Bonchev–Trinajstić information content (AvgIpc) is 1.68. The topological polar surface area (TPSA) is 448 Å². The molecule has 0 bridgehead atoms. The number of Topliss-reactive ketones (excluding diaryl/α,β-unsaturated/α-hetero) is 2. The summed E-state index contributed by atoms with van der Waals surface area (Å²) in [6.07, 6.45) is 13.2. The number of H-pyrrole nitrogens is 2. The van der Waals surface area contributed by atoms with E-state index >= 15 is 0 Å². The summed E-state index contributed by atoms with van der Waals surface area (Å²) in [7, 11) is 2.84. The molecule has 13 aromatic rings. The first-order valence-electron chi connectivity index (χ1n) is 40.4. The van der Waals surface area contributed by atoms with Gasteiger partial charge in [0.1, 0.15) is 11.6 Å². The highest BCUT2D eigenvalue weighted by Gasteiger charge is 2.25. The Morgan fingerprint density at radius 3 is 1.30 bits per heavy atom. The molecule has 30 nitrogen and oxygen atoms in total. The molecule has 0 aliphatic heterocycles. The molecule has 13 rings (SSSR count). The number of nitro benzene ring substituents is 1. The van der Waals surface area contributed by atoms with Gasteiger partial charge >= 0.3 is 43.9 Å². The number of alkyl halides is 1. The van der Waals surface area contributed by atoms with Crippen LogP contribution in [0.1, 0.15) is 72.8 Å². The van der Waals surface area contributed by atoms with E-state index in [0.29, 0.717) is 74.6 Å². The van der Waals surface area contributed by atoms with Crippen LogP contribution in [0.5, 0.6) is 0 Å². The zero-order valence-corrected chi connectivity index (χ0v) is 72.9. The van der Waals surface area contributed by atoms with E-state index in [9.17, 15) is 68.4 Å². The van der Waals surface area contributed by atoms with Crippen LogP contribution in [-0.4, -0.2) is 171 Å². The van der Waals surface area contributed by atoms with Gasteiger partial charge in [-0.05, 0) is 146 Å². The molecule has 3 unspecified atom stereocenters. The first-order valence-corrected chi connectivity index (χ1v) is 41.6. The maximum Gasteiger partial charge on any atom is 0.414 e. The Balaban J connectivity index is 0.000000233. The maximum atomic E-state index is 12.5. The monoisotopic (exact) mass is 1790 g/mol. The number of aryl methyl sites for hydroxylation is 2. The number of rotatable bonds is 35. The number of aromatic amines is 2. The van der Waals surface area contributed by atoms with Gasteiger partial charge in [-0.3, -0.25) is 53.3 Å². The Labute approximate surface area is 744 Å². The summed E-state index contributed by atoms with van der Waals surface area (Å²) in [5, 5.41) is 54.1. The number of allylic oxidation sites excluding steroid dienone is 2. The number of aromatic nitrogens is 8. The number of fused-ring (bicyclic) bond motifs is 4. The number of aliphatic carboxylic acids is 2. The van der Waals surface area contributed by atoms with Crippen LogP contribution in [0.4, 0.5) is 22.7 Å². The smallest absolute Gasteiger partial charge is 0.414 e. The van der Waals surface area contributed by atoms with Crippen molar-refractivity contribution in [3.63, 3.8) is 0 Å². The lowest BCUT2D eigenvalue weighted by atomic mass is 9.88. The second-order valence-electron chi connectivity index (χ2n) is 28.5. The van der Waals surface area contributed by atoms with Crippen molar-refractivity contribution in [3.05, 3.63) is 313 Å². The number of carbonyl (C=O) groups excluding carboxylic acids is 7. The van der Waals surface area contributed by atoms with Crippen LogP contribution < -0.4 is 16.4 Å². The van der Waals surface area contributed by atoms with Gasteiger partial charge in [-0.25, -0.2) is 19.9 Å². The molecule has 0 fully saturated rings. The first-order chi connectivity index (χ1) is 61.1. The van der Waals surface area contributed by atoms with Gasteiger partial charge in [0.05, 0.1) is 119 Å². The molecule has 10 N–H and O–H groups in total. The number of hydrogen-bond acceptors (Lipinski definition) is 23. The summed E-state index contributed by atoms with van der Waals surface area (Å²) < 4.78 is 17.5. The van der Waals surface area contributed by atoms with Crippen molar-refractivity contribution in [2.24, 2.45) is 17.8 Å². The largest absolute Gasteiger partial charge is 0.481 e. The number of carbonyl (C=O) groups is 9. The number of nitro groups is 1. The van der Waals surface area contributed by atoms with Crippen molar-refractivity contribution < 1.29 is 82.5 Å². The SMILES string of the molecule is C=CC(=O)CBr.C=CC(=O)CC(Cc1ccccc1)C(=O)OC.CB(O)n1cnc2ccc(N)cc21.COC(=O)C(CC(=O)CCNc1ccc2ncn(B(C)O)c2c1)Cc1ccccc1.COC(=O)CCc1ccccc1.O=C(CCNc1ccc2nc[nH]c2c1)CC(Cc1ccccc1)C(=O)O.O=C(O)CCc1ccccc1.O=[N+]([O-])c1ccc2nc[nH]c2c1. The molecule has 0 spiro atoms. The number of hydrogen-bond donors (Lipinski definition) is 9. The lowest BCUT2D eigenvalue weighted by Gasteiger charge is -2.14. The summed E-state index contributed by atoms with van der Waals surface area (Å²) in [6.45, 7) is 10.9. The fraction of sp³-hybridized carbons (Fsp3) is 0.245. The summed E-state index contributed by atoms with van der Waals surface area (Å²) in [5.74, 6) is -4.33. The van der Waals surface area contributed by atoms with Crippen LogP contribution in [0.25, 0.3) is 44.1 Å². The third-order valence-electron chi connectivity index (χ3n) is 19.0. The summed E-state index contributed by atoms with van der Waals surface area (Å²) in [5.41, 5.74) is 19.8. The van der Waals surface area contributed by atoms with E-state index in [1.165, 1.54) is 57.5 Å². The Morgan fingerprint density at radius 1 is 0.496 bits per heavy atom. The molecule has 0 aliphatic rings. The third-order valence-corrected chi connectivity index (χ3v) is 19.6. The van der Waals surface area contributed by atoms with E-state index in [-0.39, 0.29) is 72.4 Å². The standard InChI is InChI=1S/C22H26BN3O4.C20H21N3O3.C14H16O3.C10H12O2.C9H10O2.C8H10BN3O.C7H5N3O2.C4H5BrO/c1-23(29)26-15-25-20-9-8-18(14-21(20)26)24-11-10-19(27)13-17(22(28)30-2)12-16-6-4-3-5-7-16;24-17(11-15(20(25)26)10-14-4-2-1-3-5-14)8-9-21-16-6-7-18-19(12-16)23-13-22-18;1-3-13(15)10-12(14(16)17-2)9-11-7-5-4-6-8-11;1-12-10(11)8-7-9-5-3-2-4-6-9;10-9(11)7-6-8-4-2-1-3-5-8;1-9(13)12-5-11-7-3-2-6(10)4-8(7)12;11-10(12)5-1-2-6-7(3-5)9-4-8-6;1-2-4(6)3-5/h3-9,14-15,17,24,29H,10-13H2,1-2H3;1-7,12-13,15,21H,8-11H2,(H,22,23)(H,25,26);3-8,12H,1,9-10H2,2H3;2-6H,7-8H2,1H3;1-5H,6-7H2,(H,10,11);2-5,13H,10H2,1H3;1-4H,(H,8,9);2H,1,3H2. The molecule has 33 heteroatoms. The van der Waals surface area contributed by atoms with E-state index in [1.54, 1.807) is 59.8 Å².